The summed E-state index contributed by atoms with van der Waals surface area (Å²) >= 11 is 5.86. The average Bonchev–Trinajstić information content (AvgIpc) is 2.86. The molecule has 1 unspecified atom stereocenters. The molecule has 28 heavy (non-hydrogen) atoms. The van der Waals surface area contributed by atoms with Gasteiger partial charge in [0.05, 0.1) is 5.69 Å². The van der Waals surface area contributed by atoms with E-state index >= 15 is 0 Å². The van der Waals surface area contributed by atoms with Crippen LogP contribution in [0.4, 0.5) is 5.69 Å². The van der Waals surface area contributed by atoms with E-state index < -0.39 is 35.1 Å². The van der Waals surface area contributed by atoms with Crippen molar-refractivity contribution in [2.24, 2.45) is 0 Å². The van der Waals surface area contributed by atoms with E-state index in [0.29, 0.717) is 10.6 Å². The van der Waals surface area contributed by atoms with Crippen molar-refractivity contribution in [3.05, 3.63) is 65.2 Å². The molecule has 0 N–H and O–H groups in total. The molecule has 7 heteroatoms. The van der Waals surface area contributed by atoms with Gasteiger partial charge in [-0.25, -0.2) is 4.90 Å². The summed E-state index contributed by atoms with van der Waals surface area (Å²) in [6.07, 6.45) is 0. The van der Waals surface area contributed by atoms with Crippen molar-refractivity contribution in [1.82, 2.24) is 4.90 Å². The summed E-state index contributed by atoms with van der Waals surface area (Å²) in [5.74, 6) is -3.14. The van der Waals surface area contributed by atoms with Crippen molar-refractivity contribution >= 4 is 40.8 Å². The number of benzene rings is 2. The molecule has 1 aliphatic rings. The standard InChI is InChI=1S/C21H19ClN2O4/c1-21(2,3)24(18(26)13-7-5-4-6-8-13)16-17(25)20(28)23(19(16)27)15-11-9-14(22)10-12-15/h4-12,16H,1-3H3. The number of anilines is 1. The van der Waals surface area contributed by atoms with Crippen molar-refractivity contribution in [2.75, 3.05) is 4.90 Å². The smallest absolute Gasteiger partial charge is 0.304 e. The van der Waals surface area contributed by atoms with E-state index in [-0.39, 0.29) is 5.69 Å². The predicted molar refractivity (Wildman–Crippen MR) is 105 cm³/mol. The third kappa shape index (κ3) is 3.43. The summed E-state index contributed by atoms with van der Waals surface area (Å²) in [5, 5.41) is 0.432. The highest BCUT2D eigenvalue weighted by atomic mass is 35.5. The van der Waals surface area contributed by atoms with E-state index in [2.05, 4.69) is 0 Å². The number of rotatable bonds is 3. The highest BCUT2D eigenvalue weighted by Gasteiger charge is 2.54. The van der Waals surface area contributed by atoms with Gasteiger partial charge >= 0.3 is 5.91 Å². The zero-order chi connectivity index (χ0) is 20.6. The Labute approximate surface area is 167 Å². The zero-order valence-corrected chi connectivity index (χ0v) is 16.4. The van der Waals surface area contributed by atoms with Gasteiger partial charge in [-0.2, -0.15) is 0 Å². The molecule has 0 saturated carbocycles. The van der Waals surface area contributed by atoms with Crippen LogP contribution in [0.15, 0.2) is 54.6 Å². The third-order valence-electron chi connectivity index (χ3n) is 4.42. The third-order valence-corrected chi connectivity index (χ3v) is 4.67. The Morgan fingerprint density at radius 1 is 0.964 bits per heavy atom. The normalized spacial score (nSPS) is 17.2. The molecule has 3 amide bonds. The maximum absolute atomic E-state index is 13.1. The summed E-state index contributed by atoms with van der Waals surface area (Å²) in [7, 11) is 0. The molecule has 1 heterocycles. The summed E-state index contributed by atoms with van der Waals surface area (Å²) in [5.41, 5.74) is -0.314. The Hall–Kier alpha value is -2.99. The van der Waals surface area contributed by atoms with E-state index in [0.717, 1.165) is 4.90 Å². The molecule has 1 saturated heterocycles. The molecule has 1 fully saturated rings. The first-order valence-corrected chi connectivity index (χ1v) is 9.07. The van der Waals surface area contributed by atoms with Gasteiger partial charge in [0.2, 0.25) is 0 Å². The van der Waals surface area contributed by atoms with Crippen LogP contribution in [0.5, 0.6) is 0 Å². The van der Waals surface area contributed by atoms with Gasteiger partial charge in [0.1, 0.15) is 0 Å². The molecule has 0 radical (unpaired) electrons. The quantitative estimate of drug-likeness (QED) is 0.452. The molecule has 2 aromatic carbocycles. The number of halogens is 1. The van der Waals surface area contributed by atoms with Gasteiger partial charge in [-0.15, -0.1) is 0 Å². The second-order valence-corrected chi connectivity index (χ2v) is 7.87. The summed E-state index contributed by atoms with van der Waals surface area (Å²) in [4.78, 5) is 53.6. The molecule has 0 bridgehead atoms. The Bertz CT molecular complexity index is 949. The lowest BCUT2D eigenvalue weighted by Gasteiger charge is -2.38. The fraction of sp³-hybridized carbons (Fsp3) is 0.238. The van der Waals surface area contributed by atoms with Gasteiger partial charge in [-0.1, -0.05) is 29.8 Å². The second-order valence-electron chi connectivity index (χ2n) is 7.43. The lowest BCUT2D eigenvalue weighted by atomic mass is 9.99. The molecule has 3 rings (SSSR count). The van der Waals surface area contributed by atoms with Gasteiger partial charge < -0.3 is 4.90 Å². The molecule has 0 aromatic heterocycles. The highest BCUT2D eigenvalue weighted by Crippen LogP contribution is 2.29. The van der Waals surface area contributed by atoms with Crippen molar-refractivity contribution < 1.29 is 19.2 Å². The lowest BCUT2D eigenvalue weighted by molar-refractivity contribution is -0.137. The number of imide groups is 1. The van der Waals surface area contributed by atoms with E-state index in [1.54, 1.807) is 51.1 Å². The Kier molecular flexibility index (Phi) is 5.08. The molecule has 0 aliphatic carbocycles. The van der Waals surface area contributed by atoms with Gasteiger partial charge in [-0.05, 0) is 57.2 Å². The molecule has 1 aliphatic heterocycles. The number of ketones is 1. The maximum Gasteiger partial charge on any atom is 0.304 e. The van der Waals surface area contributed by atoms with E-state index in [4.69, 9.17) is 11.6 Å². The number of carbonyl (C=O) groups is 4. The number of hydrogen-bond donors (Lipinski definition) is 0. The largest absolute Gasteiger partial charge is 0.315 e. The molecule has 0 spiro atoms. The summed E-state index contributed by atoms with van der Waals surface area (Å²) in [6, 6.07) is 12.8. The summed E-state index contributed by atoms with van der Waals surface area (Å²) in [6.45, 7) is 5.14. The minimum absolute atomic E-state index is 0.233. The second kappa shape index (κ2) is 7.20. The lowest BCUT2D eigenvalue weighted by Crippen LogP contribution is -2.56. The molecule has 144 valence electrons. The minimum Gasteiger partial charge on any atom is -0.315 e. The molecule has 1 atom stereocenters. The average molecular weight is 399 g/mol. The first kappa shape index (κ1) is 19.8. The van der Waals surface area contributed by atoms with Gasteiger partial charge in [-0.3, -0.25) is 19.2 Å². The number of amides is 3. The van der Waals surface area contributed by atoms with E-state index in [9.17, 15) is 19.2 Å². The Morgan fingerprint density at radius 2 is 1.54 bits per heavy atom. The van der Waals surface area contributed by atoms with Crippen molar-refractivity contribution in [2.45, 2.75) is 32.4 Å². The minimum atomic E-state index is -1.52. The van der Waals surface area contributed by atoms with Crippen molar-refractivity contribution in [3.63, 3.8) is 0 Å². The number of carbonyl (C=O) groups excluding carboxylic acids is 4. The topological polar surface area (TPSA) is 74.8 Å². The van der Waals surface area contributed by atoms with E-state index in [1.807, 2.05) is 0 Å². The zero-order valence-electron chi connectivity index (χ0n) is 15.7. The van der Waals surface area contributed by atoms with Gasteiger partial charge in [0.15, 0.2) is 6.04 Å². The number of nitrogens with zero attached hydrogens (tertiary/aromatic N) is 2. The van der Waals surface area contributed by atoms with Crippen LogP contribution in [-0.2, 0) is 14.4 Å². The van der Waals surface area contributed by atoms with Gasteiger partial charge in [0.25, 0.3) is 17.6 Å². The van der Waals surface area contributed by atoms with Crippen LogP contribution in [0.1, 0.15) is 31.1 Å². The predicted octanol–water partition coefficient (Wildman–Crippen LogP) is 3.09. The fourth-order valence-electron chi connectivity index (χ4n) is 3.15. The first-order valence-electron chi connectivity index (χ1n) is 8.69. The molecule has 2 aromatic rings. The Balaban J connectivity index is 2.04. The summed E-state index contributed by atoms with van der Waals surface area (Å²) < 4.78 is 0. The van der Waals surface area contributed by atoms with Crippen molar-refractivity contribution in [3.8, 4) is 0 Å². The molecular weight excluding hydrogens is 380 g/mol. The first-order chi connectivity index (χ1) is 13.1. The van der Waals surface area contributed by atoms with Crippen LogP contribution >= 0.6 is 11.6 Å². The van der Waals surface area contributed by atoms with Gasteiger partial charge in [0, 0.05) is 16.1 Å². The molecule has 6 nitrogen and oxygen atoms in total. The highest BCUT2D eigenvalue weighted by molar-refractivity contribution is 6.57. The fourth-order valence-corrected chi connectivity index (χ4v) is 3.28. The monoisotopic (exact) mass is 398 g/mol. The van der Waals surface area contributed by atoms with E-state index in [1.165, 1.54) is 29.2 Å². The van der Waals surface area contributed by atoms with Crippen LogP contribution in [0.2, 0.25) is 5.02 Å². The van der Waals surface area contributed by atoms with Crippen LogP contribution in [-0.4, -0.2) is 40.0 Å². The van der Waals surface area contributed by atoms with Crippen LogP contribution < -0.4 is 4.90 Å². The molecular formula is C21H19ClN2O4. The Morgan fingerprint density at radius 3 is 2.07 bits per heavy atom. The SMILES string of the molecule is CC(C)(C)N(C(=O)c1ccccc1)C1C(=O)C(=O)N(c2ccc(Cl)cc2)C1=O. The van der Waals surface area contributed by atoms with Crippen LogP contribution in [0.25, 0.3) is 0 Å². The van der Waals surface area contributed by atoms with Crippen LogP contribution in [0.3, 0.4) is 0 Å². The maximum atomic E-state index is 13.1. The van der Waals surface area contributed by atoms with Crippen molar-refractivity contribution in [1.29, 1.82) is 0 Å². The number of hydrogen-bond acceptors (Lipinski definition) is 4. The number of Topliss-reactive ketones (excluding diaryl/α,β-unsaturated/α-hetero) is 1. The van der Waals surface area contributed by atoms with Crippen LogP contribution in [0, 0.1) is 0 Å².